The molecular formula is C32H43BrN9O2P. The number of hydrogen-bond donors (Lipinski definition) is 2. The lowest BCUT2D eigenvalue weighted by molar-refractivity contribution is 0.194. The van der Waals surface area contributed by atoms with Gasteiger partial charge in [-0.25, -0.2) is 14.5 Å². The van der Waals surface area contributed by atoms with Gasteiger partial charge < -0.3 is 24.8 Å². The number of piperidine rings is 1. The highest BCUT2D eigenvalue weighted by molar-refractivity contribution is 9.10. The zero-order valence-corrected chi connectivity index (χ0v) is 29.4. The molecule has 5 heterocycles. The number of likely N-dealkylation sites (tertiary alicyclic amines) is 1. The Morgan fingerprint density at radius 1 is 1.04 bits per heavy atom. The van der Waals surface area contributed by atoms with E-state index in [0.717, 1.165) is 36.4 Å². The van der Waals surface area contributed by atoms with Crippen LogP contribution in [0.3, 0.4) is 0 Å². The highest BCUT2D eigenvalue weighted by atomic mass is 79.9. The Balaban J connectivity index is 1.19. The summed E-state index contributed by atoms with van der Waals surface area (Å²) in [7, 11) is -1.04. The van der Waals surface area contributed by atoms with Gasteiger partial charge in [0.05, 0.1) is 23.0 Å². The Bertz CT molecular complexity index is 1730. The second-order valence-corrected chi connectivity index (χ2v) is 16.9. The molecular weight excluding hydrogens is 653 g/mol. The molecule has 45 heavy (non-hydrogen) atoms. The summed E-state index contributed by atoms with van der Waals surface area (Å²) in [5.41, 5.74) is 4.99. The third-order valence-corrected chi connectivity index (χ3v) is 11.2. The molecule has 0 aliphatic carbocycles. The summed E-state index contributed by atoms with van der Waals surface area (Å²) in [5, 5.41) is 11.0. The van der Waals surface area contributed by atoms with Crippen LogP contribution in [0, 0.1) is 18.8 Å². The monoisotopic (exact) mass is 695 g/mol. The summed E-state index contributed by atoms with van der Waals surface area (Å²) < 4.78 is 21.4. The van der Waals surface area contributed by atoms with Crippen molar-refractivity contribution in [3.63, 3.8) is 0 Å². The van der Waals surface area contributed by atoms with Crippen LogP contribution < -0.4 is 25.7 Å². The Kier molecular flexibility index (Phi) is 9.10. The van der Waals surface area contributed by atoms with E-state index in [0.29, 0.717) is 39.1 Å². The number of hydrogen-bond acceptors (Lipinski definition) is 10. The third-order valence-electron chi connectivity index (χ3n) is 9.21. The molecule has 3 aromatic heterocycles. The highest BCUT2D eigenvalue weighted by Crippen LogP contribution is 2.40. The number of aromatic nitrogens is 5. The first-order valence-electron chi connectivity index (χ1n) is 15.6. The minimum absolute atomic E-state index is 0.400. The maximum Gasteiger partial charge on any atom is 0.229 e. The average Bonchev–Trinajstić information content (AvgIpc) is 3.69. The molecule has 0 amide bonds. The van der Waals surface area contributed by atoms with E-state index in [4.69, 9.17) is 9.72 Å². The van der Waals surface area contributed by atoms with Crippen molar-refractivity contribution < 1.29 is 9.30 Å². The van der Waals surface area contributed by atoms with Crippen LogP contribution in [0.4, 0.5) is 28.8 Å². The summed E-state index contributed by atoms with van der Waals surface area (Å²) in [4.78, 5) is 18.7. The number of methoxy groups -OCH3 is 1. The maximum absolute atomic E-state index is 13.3. The number of nitrogens with one attached hydrogen (secondary N) is 2. The predicted molar refractivity (Wildman–Crippen MR) is 186 cm³/mol. The summed E-state index contributed by atoms with van der Waals surface area (Å²) >= 11 is 3.57. The molecule has 0 bridgehead atoms. The van der Waals surface area contributed by atoms with Crippen LogP contribution in [-0.4, -0.2) is 82.1 Å². The molecule has 240 valence electrons. The Hall–Kier alpha value is -3.21. The van der Waals surface area contributed by atoms with E-state index in [9.17, 15) is 4.57 Å². The number of nitrogens with zero attached hydrogens (tertiary/aromatic N) is 7. The molecule has 2 fully saturated rings. The lowest BCUT2D eigenvalue weighted by atomic mass is 9.95. The van der Waals surface area contributed by atoms with E-state index in [1.807, 2.05) is 12.1 Å². The van der Waals surface area contributed by atoms with Crippen molar-refractivity contribution in [2.24, 2.45) is 11.8 Å². The topological polar surface area (TPSA) is 113 Å². The zero-order chi connectivity index (χ0) is 31.9. The van der Waals surface area contributed by atoms with Gasteiger partial charge in [-0.3, -0.25) is 4.90 Å². The van der Waals surface area contributed by atoms with Crippen LogP contribution in [0.5, 0.6) is 5.75 Å². The Labute approximate surface area is 273 Å². The fraction of sp³-hybridized carbons (Fsp3) is 0.500. The van der Waals surface area contributed by atoms with Crippen molar-refractivity contribution in [3.05, 3.63) is 46.8 Å². The van der Waals surface area contributed by atoms with Gasteiger partial charge in [0, 0.05) is 43.6 Å². The van der Waals surface area contributed by atoms with Crippen LogP contribution >= 0.6 is 23.1 Å². The molecule has 2 N–H and O–H groups in total. The number of anilines is 5. The van der Waals surface area contributed by atoms with E-state index < -0.39 is 7.14 Å². The van der Waals surface area contributed by atoms with Crippen molar-refractivity contribution in [2.75, 3.05) is 62.2 Å². The van der Waals surface area contributed by atoms with Crippen LogP contribution in [-0.2, 0) is 4.57 Å². The fourth-order valence-electron chi connectivity index (χ4n) is 6.70. The molecule has 0 radical (unpaired) electrons. The van der Waals surface area contributed by atoms with Gasteiger partial charge in [-0.2, -0.15) is 10.1 Å². The largest absolute Gasteiger partial charge is 0.494 e. The smallest absolute Gasteiger partial charge is 0.229 e. The van der Waals surface area contributed by atoms with Gasteiger partial charge in [0.25, 0.3) is 0 Å². The van der Waals surface area contributed by atoms with E-state index in [1.54, 1.807) is 31.2 Å². The summed E-state index contributed by atoms with van der Waals surface area (Å²) in [6.07, 6.45) is 6.85. The van der Waals surface area contributed by atoms with Gasteiger partial charge in [-0.05, 0) is 97.6 Å². The number of ether oxygens (including phenoxy) is 1. The number of fused-ring (bicyclic) bond motifs is 1. The van der Waals surface area contributed by atoms with Crippen molar-refractivity contribution in [3.8, 4) is 5.75 Å². The van der Waals surface area contributed by atoms with Gasteiger partial charge in [0.15, 0.2) is 5.65 Å². The van der Waals surface area contributed by atoms with E-state index in [2.05, 4.69) is 84.3 Å². The number of pyridine rings is 1. The first kappa shape index (κ1) is 31.8. The molecule has 4 aromatic rings. The Morgan fingerprint density at radius 3 is 2.51 bits per heavy atom. The van der Waals surface area contributed by atoms with Crippen molar-refractivity contribution in [2.45, 2.75) is 46.1 Å². The normalized spacial score (nSPS) is 18.2. The van der Waals surface area contributed by atoms with Gasteiger partial charge in [0.2, 0.25) is 5.95 Å². The van der Waals surface area contributed by atoms with Gasteiger partial charge >= 0.3 is 0 Å². The molecule has 2 aliphatic rings. The van der Waals surface area contributed by atoms with Crippen LogP contribution in [0.25, 0.3) is 5.65 Å². The Morgan fingerprint density at radius 2 is 1.82 bits per heavy atom. The van der Waals surface area contributed by atoms with Crippen LogP contribution in [0.2, 0.25) is 0 Å². The quantitative estimate of drug-likeness (QED) is 0.194. The molecule has 0 spiro atoms. The van der Waals surface area contributed by atoms with E-state index >= 15 is 0 Å². The summed E-state index contributed by atoms with van der Waals surface area (Å²) in [6, 6.07) is 8.59. The summed E-state index contributed by atoms with van der Waals surface area (Å²) in [6.45, 7) is 14.9. The minimum atomic E-state index is -2.73. The molecule has 1 atom stereocenters. The van der Waals surface area contributed by atoms with Crippen molar-refractivity contribution >= 4 is 63.0 Å². The van der Waals surface area contributed by atoms with Crippen LogP contribution in [0.1, 0.15) is 38.7 Å². The van der Waals surface area contributed by atoms with Gasteiger partial charge in [-0.15, -0.1) is 0 Å². The second-order valence-electron chi connectivity index (χ2n) is 12.9. The standard InChI is InChI=1S/C32H43BrN9O2P/c1-20(2)22-9-12-41(18-22)23-10-13-40(14-11-23)27-16-28(44-4)26(15-21(27)3)38-32-34-17-24(33)30(39-32)37-25-7-8-29-35-19-36-42(29)31(25)45(5,6)43/h7-8,15-17,19-20,22-23H,9-14,18H2,1-6H3,(H2,34,37,38,39)/t22-/m1/s1. The number of halogens is 1. The average molecular weight is 697 g/mol. The molecule has 6 rings (SSSR count). The molecule has 11 nitrogen and oxygen atoms in total. The molecule has 0 saturated carbocycles. The molecule has 13 heteroatoms. The van der Waals surface area contributed by atoms with Crippen molar-refractivity contribution in [1.82, 2.24) is 29.5 Å². The highest BCUT2D eigenvalue weighted by Gasteiger charge is 2.32. The fourth-order valence-corrected chi connectivity index (χ4v) is 8.31. The van der Waals surface area contributed by atoms with Gasteiger partial charge in [0.1, 0.15) is 30.5 Å². The number of benzene rings is 1. The van der Waals surface area contributed by atoms with Crippen LogP contribution in [0.15, 0.2) is 41.3 Å². The third kappa shape index (κ3) is 6.69. The first-order chi connectivity index (χ1) is 21.5. The SMILES string of the molecule is COc1cc(N2CCC(N3CC[C@@H](C(C)C)C3)CC2)c(C)cc1Nc1ncc(Br)c(Nc2ccc3ncnn3c2P(C)(C)=O)n1. The van der Waals surface area contributed by atoms with Crippen molar-refractivity contribution in [1.29, 1.82) is 0 Å². The first-order valence-corrected chi connectivity index (χ1v) is 19.0. The number of rotatable bonds is 9. The zero-order valence-electron chi connectivity index (χ0n) is 26.9. The minimum Gasteiger partial charge on any atom is -0.494 e. The number of aryl methyl sites for hydroxylation is 1. The van der Waals surface area contributed by atoms with E-state index in [-0.39, 0.29) is 0 Å². The molecule has 2 saturated heterocycles. The molecule has 1 aromatic carbocycles. The summed E-state index contributed by atoms with van der Waals surface area (Å²) in [5.74, 6) is 3.26. The lowest BCUT2D eigenvalue weighted by Crippen LogP contribution is -2.44. The molecule has 0 unspecified atom stereocenters. The second kappa shape index (κ2) is 12.9. The van der Waals surface area contributed by atoms with E-state index in [1.165, 1.54) is 49.9 Å². The maximum atomic E-state index is 13.3. The predicted octanol–water partition coefficient (Wildman–Crippen LogP) is 6.28. The lowest BCUT2D eigenvalue weighted by Gasteiger charge is -2.38. The molecule has 2 aliphatic heterocycles. The van der Waals surface area contributed by atoms with Gasteiger partial charge in [-0.1, -0.05) is 13.8 Å².